The minimum absolute atomic E-state index is 0.823. The molecule has 2 heteroatoms. The molecular formula is C7H17ClSi. The van der Waals surface area contributed by atoms with Crippen LogP contribution in [0.5, 0.6) is 0 Å². The van der Waals surface area contributed by atoms with Gasteiger partial charge >= 0.3 is 0 Å². The number of hydrogen-bond donors (Lipinski definition) is 0. The third kappa shape index (κ3) is 6.39. The quantitative estimate of drug-likeness (QED) is 0.443. The highest BCUT2D eigenvalue weighted by Crippen LogP contribution is 2.21. The number of halogens is 1. The molecule has 0 aliphatic rings. The summed E-state index contributed by atoms with van der Waals surface area (Å²) >= 11 is 6.15. The molecule has 0 heterocycles. The van der Waals surface area contributed by atoms with Crippen molar-refractivity contribution in [1.29, 1.82) is 0 Å². The molecule has 0 aromatic rings. The number of hydrogen-bond acceptors (Lipinski definition) is 0. The van der Waals surface area contributed by atoms with Crippen LogP contribution in [0.2, 0.25) is 19.1 Å². The van der Waals surface area contributed by atoms with E-state index in [0.717, 1.165) is 5.92 Å². The molecule has 0 saturated carbocycles. The van der Waals surface area contributed by atoms with E-state index in [-0.39, 0.29) is 0 Å². The highest BCUT2D eigenvalue weighted by atomic mass is 35.6. The van der Waals surface area contributed by atoms with E-state index in [1.54, 1.807) is 0 Å². The molecule has 0 spiro atoms. The summed E-state index contributed by atoms with van der Waals surface area (Å²) in [5.41, 5.74) is 0. The Hall–Kier alpha value is 0.507. The summed E-state index contributed by atoms with van der Waals surface area (Å²) in [6.45, 7) is 8.92. The van der Waals surface area contributed by atoms with Crippen LogP contribution in [0.15, 0.2) is 0 Å². The Morgan fingerprint density at radius 3 is 2.00 bits per heavy atom. The van der Waals surface area contributed by atoms with E-state index in [9.17, 15) is 0 Å². The molecule has 0 aromatic heterocycles. The van der Waals surface area contributed by atoms with Crippen LogP contribution in [-0.4, -0.2) is 7.38 Å². The third-order valence-corrected chi connectivity index (χ3v) is 3.66. The van der Waals surface area contributed by atoms with E-state index in [1.165, 1.54) is 12.5 Å². The van der Waals surface area contributed by atoms with Gasteiger partial charge in [-0.2, -0.15) is 11.1 Å². The van der Waals surface area contributed by atoms with Crippen molar-refractivity contribution < 1.29 is 0 Å². The second-order valence-electron chi connectivity index (χ2n) is 3.44. The topological polar surface area (TPSA) is 0 Å². The summed E-state index contributed by atoms with van der Waals surface area (Å²) in [4.78, 5) is 0. The van der Waals surface area contributed by atoms with Gasteiger partial charge in [-0.05, 0) is 12.0 Å². The largest absolute Gasteiger partial charge is 0.168 e. The molecular weight excluding hydrogens is 148 g/mol. The summed E-state index contributed by atoms with van der Waals surface area (Å²) in [6.07, 6.45) is 1.27. The van der Waals surface area contributed by atoms with E-state index < -0.39 is 7.38 Å². The van der Waals surface area contributed by atoms with Gasteiger partial charge in [-0.1, -0.05) is 33.4 Å². The molecule has 1 unspecified atom stereocenters. The first-order valence-corrected chi connectivity index (χ1v) is 7.86. The minimum Gasteiger partial charge on any atom is -0.168 e. The Morgan fingerprint density at radius 1 is 1.44 bits per heavy atom. The van der Waals surface area contributed by atoms with Crippen molar-refractivity contribution in [1.82, 2.24) is 0 Å². The summed E-state index contributed by atoms with van der Waals surface area (Å²) in [5.74, 6) is 0.823. The predicted octanol–water partition coefficient (Wildman–Crippen LogP) is 3.48. The van der Waals surface area contributed by atoms with Crippen LogP contribution in [-0.2, 0) is 0 Å². The van der Waals surface area contributed by atoms with Crippen LogP contribution in [0.25, 0.3) is 0 Å². The van der Waals surface area contributed by atoms with Crippen molar-refractivity contribution in [3.63, 3.8) is 0 Å². The molecule has 0 aliphatic carbocycles. The van der Waals surface area contributed by atoms with Gasteiger partial charge in [0, 0.05) is 0 Å². The summed E-state index contributed by atoms with van der Waals surface area (Å²) in [7, 11) is -1.27. The van der Waals surface area contributed by atoms with Crippen LogP contribution >= 0.6 is 11.1 Å². The maximum Gasteiger partial charge on any atom is 0.150 e. The zero-order chi connectivity index (χ0) is 7.49. The first-order chi connectivity index (χ1) is 3.95. The maximum absolute atomic E-state index is 6.15. The number of rotatable bonds is 3. The molecule has 9 heavy (non-hydrogen) atoms. The van der Waals surface area contributed by atoms with Crippen molar-refractivity contribution in [2.24, 2.45) is 5.92 Å². The lowest BCUT2D eigenvalue weighted by molar-refractivity contribution is 0.618. The first-order valence-electron chi connectivity index (χ1n) is 3.64. The van der Waals surface area contributed by atoms with Gasteiger partial charge in [-0.15, -0.1) is 0 Å². The lowest BCUT2D eigenvalue weighted by Crippen LogP contribution is -2.19. The van der Waals surface area contributed by atoms with E-state index >= 15 is 0 Å². The molecule has 0 N–H and O–H groups in total. The molecule has 0 aromatic carbocycles. The normalized spacial score (nSPS) is 15.7. The lowest BCUT2D eigenvalue weighted by Gasteiger charge is -2.16. The van der Waals surface area contributed by atoms with Crippen molar-refractivity contribution in [3.05, 3.63) is 0 Å². The molecule has 0 amide bonds. The minimum atomic E-state index is -1.27. The molecule has 0 rings (SSSR count). The van der Waals surface area contributed by atoms with Crippen LogP contribution in [0.3, 0.4) is 0 Å². The van der Waals surface area contributed by atoms with E-state index in [2.05, 4.69) is 26.9 Å². The van der Waals surface area contributed by atoms with E-state index in [1.807, 2.05) is 0 Å². The van der Waals surface area contributed by atoms with E-state index in [0.29, 0.717) is 0 Å². The maximum atomic E-state index is 6.15. The van der Waals surface area contributed by atoms with Gasteiger partial charge < -0.3 is 0 Å². The monoisotopic (exact) mass is 164 g/mol. The smallest absolute Gasteiger partial charge is 0.150 e. The standard InChI is InChI=1S/C7H17ClSi/c1-5-7(2)6-9(3,4)8/h7H,5-6H2,1-4H3. The molecule has 0 radical (unpaired) electrons. The highest BCUT2D eigenvalue weighted by molar-refractivity contribution is 7.19. The van der Waals surface area contributed by atoms with Gasteiger partial charge in [0.25, 0.3) is 0 Å². The van der Waals surface area contributed by atoms with Gasteiger partial charge in [-0.25, -0.2) is 0 Å². The van der Waals surface area contributed by atoms with Crippen LogP contribution < -0.4 is 0 Å². The molecule has 0 bridgehead atoms. The second-order valence-corrected chi connectivity index (χ2v) is 10.4. The average molecular weight is 165 g/mol. The lowest BCUT2D eigenvalue weighted by atomic mass is 10.2. The van der Waals surface area contributed by atoms with Crippen LogP contribution in [0.4, 0.5) is 0 Å². The fourth-order valence-electron chi connectivity index (χ4n) is 0.973. The van der Waals surface area contributed by atoms with Gasteiger partial charge in [0.15, 0.2) is 7.38 Å². The molecule has 0 nitrogen and oxygen atoms in total. The zero-order valence-corrected chi connectivity index (χ0v) is 8.63. The highest BCUT2D eigenvalue weighted by Gasteiger charge is 2.19. The van der Waals surface area contributed by atoms with Crippen molar-refractivity contribution >= 4 is 18.5 Å². The van der Waals surface area contributed by atoms with Crippen molar-refractivity contribution in [3.8, 4) is 0 Å². The van der Waals surface area contributed by atoms with Gasteiger partial charge in [-0.3, -0.25) is 0 Å². The SMILES string of the molecule is CCC(C)C[Si](C)(C)Cl. The summed E-state index contributed by atoms with van der Waals surface area (Å²) in [5, 5.41) is 0. The fraction of sp³-hybridized carbons (Fsp3) is 1.00. The second kappa shape index (κ2) is 3.62. The first kappa shape index (κ1) is 9.51. The van der Waals surface area contributed by atoms with E-state index in [4.69, 9.17) is 11.1 Å². The summed E-state index contributed by atoms with van der Waals surface area (Å²) < 4.78 is 0. The van der Waals surface area contributed by atoms with Crippen molar-refractivity contribution in [2.45, 2.75) is 39.4 Å². The van der Waals surface area contributed by atoms with Crippen molar-refractivity contribution in [2.75, 3.05) is 0 Å². The Bertz CT molecular complexity index is 75.5. The Morgan fingerprint density at radius 2 is 1.89 bits per heavy atom. The Labute approximate surface area is 64.3 Å². The van der Waals surface area contributed by atoms with Gasteiger partial charge in [0.2, 0.25) is 0 Å². The molecule has 1 atom stereocenters. The molecule has 0 saturated heterocycles. The predicted molar refractivity (Wildman–Crippen MR) is 47.6 cm³/mol. The third-order valence-electron chi connectivity index (χ3n) is 1.53. The molecule has 0 fully saturated rings. The van der Waals surface area contributed by atoms with Crippen LogP contribution in [0, 0.1) is 5.92 Å². The zero-order valence-electron chi connectivity index (χ0n) is 6.87. The fourth-order valence-corrected chi connectivity index (χ4v) is 3.71. The van der Waals surface area contributed by atoms with Gasteiger partial charge in [0.05, 0.1) is 0 Å². The Balaban J connectivity index is 3.47. The van der Waals surface area contributed by atoms with Crippen LogP contribution in [0.1, 0.15) is 20.3 Å². The van der Waals surface area contributed by atoms with Gasteiger partial charge in [0.1, 0.15) is 0 Å². The Kier molecular flexibility index (Phi) is 3.82. The molecule has 0 aliphatic heterocycles. The molecule has 56 valence electrons. The average Bonchev–Trinajstić information content (AvgIpc) is 1.62. The summed E-state index contributed by atoms with van der Waals surface area (Å²) in [6, 6.07) is 1.26.